The highest BCUT2D eigenvalue weighted by atomic mass is 79.9. The van der Waals surface area contributed by atoms with Crippen LogP contribution in [0.1, 0.15) is 0 Å². The van der Waals surface area contributed by atoms with E-state index in [0.717, 1.165) is 0 Å². The maximum absolute atomic E-state index is 11.6. The van der Waals surface area contributed by atoms with Crippen molar-refractivity contribution >= 4 is 33.3 Å². The van der Waals surface area contributed by atoms with Crippen molar-refractivity contribution < 1.29 is 9.53 Å². The van der Waals surface area contributed by atoms with Gasteiger partial charge in [-0.25, -0.2) is 9.97 Å². The first-order valence-electron chi connectivity index (χ1n) is 5.69. The predicted octanol–water partition coefficient (Wildman–Crippen LogP) is 0.666. The number of rotatable bonds is 6. The maximum Gasteiger partial charge on any atom is 0.239 e. The van der Waals surface area contributed by atoms with Crippen LogP contribution in [0.4, 0.5) is 5.82 Å². The van der Waals surface area contributed by atoms with Gasteiger partial charge in [0.25, 0.3) is 0 Å². The molecule has 8 heteroatoms. The first-order chi connectivity index (χ1) is 9.20. The van der Waals surface area contributed by atoms with Gasteiger partial charge < -0.3 is 19.8 Å². The van der Waals surface area contributed by atoms with Crippen molar-refractivity contribution in [3.63, 3.8) is 0 Å². The molecule has 19 heavy (non-hydrogen) atoms. The predicted molar refractivity (Wildman–Crippen MR) is 74.1 cm³/mol. The second kappa shape index (κ2) is 6.48. The summed E-state index contributed by atoms with van der Waals surface area (Å²) in [5, 5.41) is 5.68. The van der Waals surface area contributed by atoms with E-state index in [0.29, 0.717) is 29.2 Å². The summed E-state index contributed by atoms with van der Waals surface area (Å²) in [5.41, 5.74) is 0.674. The average Bonchev–Trinajstić information content (AvgIpc) is 2.84. The van der Waals surface area contributed by atoms with E-state index in [4.69, 9.17) is 4.74 Å². The van der Waals surface area contributed by atoms with Crippen LogP contribution >= 0.6 is 15.9 Å². The molecule has 2 rings (SSSR count). The minimum atomic E-state index is -0.122. The van der Waals surface area contributed by atoms with E-state index in [1.165, 1.54) is 0 Å². The molecule has 0 atom stereocenters. The normalized spacial score (nSPS) is 10.6. The van der Waals surface area contributed by atoms with Gasteiger partial charge in [-0.05, 0) is 15.9 Å². The molecule has 0 aliphatic rings. The van der Waals surface area contributed by atoms with Gasteiger partial charge in [0.05, 0.1) is 13.2 Å². The van der Waals surface area contributed by atoms with Gasteiger partial charge in [-0.15, -0.1) is 0 Å². The molecule has 0 saturated heterocycles. The Morgan fingerprint density at radius 1 is 1.58 bits per heavy atom. The van der Waals surface area contributed by atoms with Crippen LogP contribution in [0.3, 0.4) is 0 Å². The Morgan fingerprint density at radius 3 is 3.21 bits per heavy atom. The molecule has 2 aromatic heterocycles. The summed E-state index contributed by atoms with van der Waals surface area (Å²) < 4.78 is 7.34. The number of fused-ring (bicyclic) bond motifs is 1. The molecule has 0 bridgehead atoms. The number of hydrogen-bond donors (Lipinski definition) is 2. The Labute approximate surface area is 118 Å². The molecule has 0 aliphatic carbocycles. The van der Waals surface area contributed by atoms with E-state index in [1.54, 1.807) is 19.5 Å². The third-order valence-electron chi connectivity index (χ3n) is 2.39. The first kappa shape index (κ1) is 13.8. The molecule has 2 aromatic rings. The lowest BCUT2D eigenvalue weighted by Crippen LogP contribution is -2.32. The van der Waals surface area contributed by atoms with Gasteiger partial charge >= 0.3 is 0 Å². The molecular formula is C11H14BrN5O2. The Balaban J connectivity index is 1.97. The molecule has 1 amide bonds. The Bertz CT molecular complexity index is 571. The lowest BCUT2D eigenvalue weighted by atomic mass is 10.5. The SMILES string of the molecule is COCCNC(=O)CNc1nc(Br)cn2ccnc12. The molecule has 2 heterocycles. The van der Waals surface area contributed by atoms with Crippen molar-refractivity contribution in [2.24, 2.45) is 0 Å². The van der Waals surface area contributed by atoms with Crippen LogP contribution in [0, 0.1) is 0 Å². The third-order valence-corrected chi connectivity index (χ3v) is 2.77. The Morgan fingerprint density at radius 2 is 2.42 bits per heavy atom. The van der Waals surface area contributed by atoms with E-state index in [-0.39, 0.29) is 12.5 Å². The summed E-state index contributed by atoms with van der Waals surface area (Å²) in [6.07, 6.45) is 5.28. The van der Waals surface area contributed by atoms with E-state index < -0.39 is 0 Å². The molecule has 7 nitrogen and oxygen atoms in total. The Hall–Kier alpha value is -1.67. The molecule has 0 unspecified atom stereocenters. The van der Waals surface area contributed by atoms with Gasteiger partial charge in [0, 0.05) is 32.2 Å². The highest BCUT2D eigenvalue weighted by molar-refractivity contribution is 9.10. The van der Waals surface area contributed by atoms with E-state index >= 15 is 0 Å². The summed E-state index contributed by atoms with van der Waals surface area (Å²) in [6, 6.07) is 0. The average molecular weight is 328 g/mol. The molecule has 0 aliphatic heterocycles. The first-order valence-corrected chi connectivity index (χ1v) is 6.48. The standard InChI is InChI=1S/C11H14BrN5O2/c1-19-5-3-13-9(18)6-15-10-11-14-2-4-17(11)7-8(12)16-10/h2,4,7H,3,5-6H2,1H3,(H,13,18)(H,15,16). The number of carbonyl (C=O) groups excluding carboxylic acids is 1. The highest BCUT2D eigenvalue weighted by Crippen LogP contribution is 2.16. The van der Waals surface area contributed by atoms with Crippen molar-refractivity contribution in [1.82, 2.24) is 19.7 Å². The van der Waals surface area contributed by atoms with E-state index in [1.807, 2.05) is 10.6 Å². The third kappa shape index (κ3) is 3.65. The van der Waals surface area contributed by atoms with Crippen LogP contribution in [-0.2, 0) is 9.53 Å². The number of aromatic nitrogens is 3. The quantitative estimate of drug-likeness (QED) is 0.762. The number of carbonyl (C=O) groups is 1. The number of imidazole rings is 1. The fraction of sp³-hybridized carbons (Fsp3) is 0.364. The second-order valence-corrected chi connectivity index (χ2v) is 4.58. The van der Waals surface area contributed by atoms with Crippen molar-refractivity contribution in [3.05, 3.63) is 23.2 Å². The Kier molecular flexibility index (Phi) is 4.69. The molecule has 0 radical (unpaired) electrons. The molecule has 0 fully saturated rings. The minimum Gasteiger partial charge on any atom is -0.383 e. The van der Waals surface area contributed by atoms with Crippen LogP contribution in [-0.4, -0.2) is 47.1 Å². The largest absolute Gasteiger partial charge is 0.383 e. The smallest absolute Gasteiger partial charge is 0.239 e. The number of methoxy groups -OCH3 is 1. The highest BCUT2D eigenvalue weighted by Gasteiger charge is 2.07. The van der Waals surface area contributed by atoms with Crippen molar-refractivity contribution in [2.45, 2.75) is 0 Å². The zero-order valence-corrected chi connectivity index (χ0v) is 12.0. The van der Waals surface area contributed by atoms with Gasteiger partial charge in [-0.1, -0.05) is 0 Å². The molecule has 2 N–H and O–H groups in total. The number of anilines is 1. The lowest BCUT2D eigenvalue weighted by Gasteiger charge is -2.08. The van der Waals surface area contributed by atoms with E-state index in [2.05, 4.69) is 36.5 Å². The maximum atomic E-state index is 11.6. The van der Waals surface area contributed by atoms with Crippen LogP contribution in [0.5, 0.6) is 0 Å². The molecule has 102 valence electrons. The molecule has 0 spiro atoms. The van der Waals surface area contributed by atoms with Gasteiger partial charge in [-0.3, -0.25) is 4.79 Å². The summed E-state index contributed by atoms with van der Waals surface area (Å²) in [7, 11) is 1.59. The number of ether oxygens (including phenoxy) is 1. The molecule has 0 aromatic carbocycles. The number of hydrogen-bond acceptors (Lipinski definition) is 5. The number of nitrogens with zero attached hydrogens (tertiary/aromatic N) is 3. The number of amides is 1. The fourth-order valence-corrected chi connectivity index (χ4v) is 1.94. The number of nitrogens with one attached hydrogen (secondary N) is 2. The summed E-state index contributed by atoms with van der Waals surface area (Å²) in [6.45, 7) is 1.11. The fourth-order valence-electron chi connectivity index (χ4n) is 1.54. The molecular weight excluding hydrogens is 314 g/mol. The van der Waals surface area contributed by atoms with E-state index in [9.17, 15) is 4.79 Å². The van der Waals surface area contributed by atoms with Gasteiger partial charge in [0.2, 0.25) is 5.91 Å². The summed E-state index contributed by atoms with van der Waals surface area (Å²) >= 11 is 3.31. The van der Waals surface area contributed by atoms with Crippen molar-refractivity contribution in [3.8, 4) is 0 Å². The summed E-state index contributed by atoms with van der Waals surface area (Å²) in [5.74, 6) is 0.435. The monoisotopic (exact) mass is 327 g/mol. The van der Waals surface area contributed by atoms with Crippen LogP contribution in [0.2, 0.25) is 0 Å². The van der Waals surface area contributed by atoms with Crippen LogP contribution in [0.25, 0.3) is 5.65 Å². The van der Waals surface area contributed by atoms with Crippen LogP contribution in [0.15, 0.2) is 23.2 Å². The zero-order chi connectivity index (χ0) is 13.7. The van der Waals surface area contributed by atoms with Gasteiger partial charge in [-0.2, -0.15) is 0 Å². The minimum absolute atomic E-state index is 0.122. The number of halogens is 1. The topological polar surface area (TPSA) is 80.5 Å². The van der Waals surface area contributed by atoms with Gasteiger partial charge in [0.1, 0.15) is 4.60 Å². The second-order valence-electron chi connectivity index (χ2n) is 3.77. The zero-order valence-electron chi connectivity index (χ0n) is 10.4. The van der Waals surface area contributed by atoms with Crippen LogP contribution < -0.4 is 10.6 Å². The molecule has 0 saturated carbocycles. The van der Waals surface area contributed by atoms with Crippen molar-refractivity contribution in [2.75, 3.05) is 32.1 Å². The van der Waals surface area contributed by atoms with Gasteiger partial charge in [0.15, 0.2) is 11.5 Å². The van der Waals surface area contributed by atoms with Crippen molar-refractivity contribution in [1.29, 1.82) is 0 Å². The lowest BCUT2D eigenvalue weighted by molar-refractivity contribution is -0.119. The summed E-state index contributed by atoms with van der Waals surface area (Å²) in [4.78, 5) is 20.0.